The molecule has 0 aliphatic carbocycles. The summed E-state index contributed by atoms with van der Waals surface area (Å²) in [6, 6.07) is 8.38. The molecule has 0 unspecified atom stereocenters. The maximum Gasteiger partial charge on any atom is 0.123 e. The van der Waals surface area contributed by atoms with Gasteiger partial charge in [-0.25, -0.2) is 0 Å². The molecule has 3 nitrogen and oxygen atoms in total. The lowest BCUT2D eigenvalue weighted by atomic mass is 10.1. The third-order valence-corrected chi connectivity index (χ3v) is 2.94. The van der Waals surface area contributed by atoms with E-state index >= 15 is 0 Å². The molecule has 0 spiro atoms. The van der Waals surface area contributed by atoms with E-state index in [1.807, 2.05) is 18.2 Å². The molecule has 1 aromatic carbocycles. The van der Waals surface area contributed by atoms with Crippen LogP contribution < -0.4 is 10.1 Å². The molecule has 1 aromatic rings. The Balaban J connectivity index is 2.29. The normalized spacial score (nSPS) is 12.4. The van der Waals surface area contributed by atoms with Gasteiger partial charge in [-0.1, -0.05) is 31.5 Å². The van der Waals surface area contributed by atoms with Gasteiger partial charge < -0.3 is 14.8 Å². The molecule has 0 aromatic heterocycles. The second-order valence-corrected chi connectivity index (χ2v) is 4.38. The Morgan fingerprint density at radius 2 is 2.00 bits per heavy atom. The molecule has 0 aliphatic rings. The first-order valence-corrected chi connectivity index (χ1v) is 6.73. The SMILES string of the molecule is CCCCOCCN[C@@H](C)c1ccccc1OC. The fourth-order valence-corrected chi connectivity index (χ4v) is 1.83. The number of ether oxygens (including phenoxy) is 2. The number of unbranched alkanes of at least 4 members (excludes halogenated alkanes) is 1. The number of para-hydroxylation sites is 1. The first kappa shape index (κ1) is 15.0. The van der Waals surface area contributed by atoms with Gasteiger partial charge in [0.2, 0.25) is 0 Å². The maximum absolute atomic E-state index is 5.52. The van der Waals surface area contributed by atoms with Gasteiger partial charge in [0.25, 0.3) is 0 Å². The third kappa shape index (κ3) is 5.07. The van der Waals surface area contributed by atoms with Crippen LogP contribution in [0.2, 0.25) is 0 Å². The Kier molecular flexibility index (Phi) is 7.46. The predicted octanol–water partition coefficient (Wildman–Crippen LogP) is 3.16. The quantitative estimate of drug-likeness (QED) is 0.684. The molecule has 0 bridgehead atoms. The number of nitrogens with one attached hydrogen (secondary N) is 1. The molecular weight excluding hydrogens is 226 g/mol. The summed E-state index contributed by atoms with van der Waals surface area (Å²) in [5.74, 6) is 0.935. The Bertz CT molecular complexity index is 328. The van der Waals surface area contributed by atoms with E-state index in [0.717, 1.165) is 31.9 Å². The van der Waals surface area contributed by atoms with Crippen molar-refractivity contribution in [1.29, 1.82) is 0 Å². The number of hydrogen-bond acceptors (Lipinski definition) is 3. The Hall–Kier alpha value is -1.06. The smallest absolute Gasteiger partial charge is 0.123 e. The lowest BCUT2D eigenvalue weighted by molar-refractivity contribution is 0.131. The number of methoxy groups -OCH3 is 1. The highest BCUT2D eigenvalue weighted by atomic mass is 16.5. The minimum atomic E-state index is 0.274. The highest BCUT2D eigenvalue weighted by Gasteiger charge is 2.09. The van der Waals surface area contributed by atoms with E-state index in [0.29, 0.717) is 0 Å². The summed E-state index contributed by atoms with van der Waals surface area (Å²) in [7, 11) is 1.71. The van der Waals surface area contributed by atoms with Gasteiger partial charge in [0.1, 0.15) is 5.75 Å². The van der Waals surface area contributed by atoms with Crippen LogP contribution in [0.1, 0.15) is 38.3 Å². The van der Waals surface area contributed by atoms with Crippen molar-refractivity contribution in [2.45, 2.75) is 32.7 Å². The van der Waals surface area contributed by atoms with Crippen LogP contribution in [0.25, 0.3) is 0 Å². The molecule has 1 atom stereocenters. The molecular formula is C15H25NO2. The average molecular weight is 251 g/mol. The molecule has 102 valence electrons. The lowest BCUT2D eigenvalue weighted by Gasteiger charge is -2.17. The van der Waals surface area contributed by atoms with E-state index in [9.17, 15) is 0 Å². The Morgan fingerprint density at radius 3 is 2.72 bits per heavy atom. The van der Waals surface area contributed by atoms with Crippen molar-refractivity contribution < 1.29 is 9.47 Å². The van der Waals surface area contributed by atoms with Gasteiger partial charge in [-0.2, -0.15) is 0 Å². The largest absolute Gasteiger partial charge is 0.496 e. The summed E-state index contributed by atoms with van der Waals surface area (Å²) in [5.41, 5.74) is 1.19. The number of benzene rings is 1. The molecule has 0 saturated heterocycles. The first-order chi connectivity index (χ1) is 8.79. The monoisotopic (exact) mass is 251 g/mol. The summed E-state index contributed by atoms with van der Waals surface area (Å²) in [6.07, 6.45) is 2.33. The van der Waals surface area contributed by atoms with Crippen LogP contribution in [0.15, 0.2) is 24.3 Å². The third-order valence-electron chi connectivity index (χ3n) is 2.94. The van der Waals surface area contributed by atoms with E-state index in [1.54, 1.807) is 7.11 Å². The first-order valence-electron chi connectivity index (χ1n) is 6.73. The summed E-state index contributed by atoms with van der Waals surface area (Å²) in [5, 5.41) is 3.45. The molecule has 0 fully saturated rings. The highest BCUT2D eigenvalue weighted by Crippen LogP contribution is 2.23. The Morgan fingerprint density at radius 1 is 1.22 bits per heavy atom. The summed E-state index contributed by atoms with van der Waals surface area (Å²) < 4.78 is 10.9. The molecule has 18 heavy (non-hydrogen) atoms. The van der Waals surface area contributed by atoms with Gasteiger partial charge in [-0.15, -0.1) is 0 Å². The summed E-state index contributed by atoms with van der Waals surface area (Å²) in [4.78, 5) is 0. The number of rotatable bonds is 9. The summed E-state index contributed by atoms with van der Waals surface area (Å²) >= 11 is 0. The molecule has 0 heterocycles. The molecule has 0 radical (unpaired) electrons. The molecule has 1 rings (SSSR count). The van der Waals surface area contributed by atoms with Crippen LogP contribution in [0.3, 0.4) is 0 Å². The van der Waals surface area contributed by atoms with Crippen molar-refractivity contribution >= 4 is 0 Å². The van der Waals surface area contributed by atoms with Crippen LogP contribution in [-0.2, 0) is 4.74 Å². The van der Waals surface area contributed by atoms with Gasteiger partial charge in [-0.05, 0) is 19.4 Å². The van der Waals surface area contributed by atoms with E-state index in [2.05, 4.69) is 25.2 Å². The minimum Gasteiger partial charge on any atom is -0.496 e. The minimum absolute atomic E-state index is 0.274. The van der Waals surface area contributed by atoms with Crippen LogP contribution in [0.4, 0.5) is 0 Å². The maximum atomic E-state index is 5.52. The molecule has 1 N–H and O–H groups in total. The van der Waals surface area contributed by atoms with Gasteiger partial charge in [0, 0.05) is 24.8 Å². The predicted molar refractivity (Wildman–Crippen MR) is 75.1 cm³/mol. The van der Waals surface area contributed by atoms with Crippen LogP contribution in [0.5, 0.6) is 5.75 Å². The van der Waals surface area contributed by atoms with Crippen molar-refractivity contribution in [1.82, 2.24) is 5.32 Å². The van der Waals surface area contributed by atoms with Crippen molar-refractivity contribution in [3.8, 4) is 5.75 Å². The van der Waals surface area contributed by atoms with E-state index < -0.39 is 0 Å². The van der Waals surface area contributed by atoms with Crippen LogP contribution in [-0.4, -0.2) is 26.9 Å². The zero-order valence-corrected chi connectivity index (χ0v) is 11.7. The molecule has 0 amide bonds. The standard InChI is InChI=1S/C15H25NO2/c1-4-5-11-18-12-10-16-13(2)14-8-6-7-9-15(14)17-3/h6-9,13,16H,4-5,10-12H2,1-3H3/t13-/m0/s1. The van der Waals surface area contributed by atoms with Crippen LogP contribution in [0, 0.1) is 0 Å². The Labute approximate surface area is 110 Å². The van der Waals surface area contributed by atoms with E-state index in [4.69, 9.17) is 9.47 Å². The van der Waals surface area contributed by atoms with Gasteiger partial charge in [0.15, 0.2) is 0 Å². The second kappa shape index (κ2) is 8.95. The van der Waals surface area contributed by atoms with Crippen molar-refractivity contribution in [3.63, 3.8) is 0 Å². The van der Waals surface area contributed by atoms with Gasteiger partial charge in [-0.3, -0.25) is 0 Å². The highest BCUT2D eigenvalue weighted by molar-refractivity contribution is 5.35. The molecule has 3 heteroatoms. The van der Waals surface area contributed by atoms with Crippen LogP contribution >= 0.6 is 0 Å². The fraction of sp³-hybridized carbons (Fsp3) is 0.600. The number of hydrogen-bond donors (Lipinski definition) is 1. The fourth-order valence-electron chi connectivity index (χ4n) is 1.83. The van der Waals surface area contributed by atoms with Gasteiger partial charge in [0.05, 0.1) is 13.7 Å². The van der Waals surface area contributed by atoms with E-state index in [-0.39, 0.29) is 6.04 Å². The van der Waals surface area contributed by atoms with Crippen molar-refractivity contribution in [3.05, 3.63) is 29.8 Å². The second-order valence-electron chi connectivity index (χ2n) is 4.38. The molecule has 0 aliphatic heterocycles. The lowest BCUT2D eigenvalue weighted by Crippen LogP contribution is -2.23. The topological polar surface area (TPSA) is 30.5 Å². The van der Waals surface area contributed by atoms with Gasteiger partial charge >= 0.3 is 0 Å². The van der Waals surface area contributed by atoms with Crippen molar-refractivity contribution in [2.24, 2.45) is 0 Å². The summed E-state index contributed by atoms with van der Waals surface area (Å²) in [6.45, 7) is 6.80. The average Bonchev–Trinajstić information content (AvgIpc) is 2.42. The van der Waals surface area contributed by atoms with E-state index in [1.165, 1.54) is 12.0 Å². The molecule has 0 saturated carbocycles. The zero-order valence-electron chi connectivity index (χ0n) is 11.7. The zero-order chi connectivity index (χ0) is 13.2. The van der Waals surface area contributed by atoms with Crippen molar-refractivity contribution in [2.75, 3.05) is 26.9 Å².